The molecule has 0 heterocycles. The van der Waals surface area contributed by atoms with Crippen molar-refractivity contribution in [3.63, 3.8) is 0 Å². The van der Waals surface area contributed by atoms with Gasteiger partial charge < -0.3 is 9.84 Å². The number of aromatic hydroxyl groups is 1. The average Bonchev–Trinajstić information content (AvgIpc) is 3.43. The number of hydrogen-bond donors (Lipinski definition) is 1. The van der Waals surface area contributed by atoms with Crippen molar-refractivity contribution >= 4 is 5.78 Å². The van der Waals surface area contributed by atoms with E-state index >= 15 is 0 Å². The molecule has 0 aromatic heterocycles. The number of phenolic OH excluding ortho intramolecular Hbond substituents is 1. The minimum atomic E-state index is -0.274. The van der Waals surface area contributed by atoms with Crippen LogP contribution in [0.2, 0.25) is 0 Å². The number of benzene rings is 2. The number of hydrogen-bond acceptors (Lipinski definition) is 3. The van der Waals surface area contributed by atoms with E-state index in [2.05, 4.69) is 13.8 Å². The van der Waals surface area contributed by atoms with Crippen LogP contribution in [0.5, 0.6) is 11.5 Å². The number of Topliss-reactive ketones (excluding diaryl/α,β-unsaturated/α-hetero) is 1. The molecule has 3 nitrogen and oxygen atoms in total. The Labute approximate surface area is 144 Å². The first-order chi connectivity index (χ1) is 11.4. The zero-order chi connectivity index (χ0) is 17.7. The van der Waals surface area contributed by atoms with Crippen LogP contribution in [0.25, 0.3) is 0 Å². The second kappa shape index (κ2) is 7.52. The zero-order valence-corrected chi connectivity index (χ0v) is 14.9. The van der Waals surface area contributed by atoms with Gasteiger partial charge in [0.2, 0.25) is 0 Å². The van der Waals surface area contributed by atoms with E-state index in [1.54, 1.807) is 19.2 Å². The molecule has 0 aliphatic heterocycles. The molecule has 0 amide bonds. The van der Waals surface area contributed by atoms with Crippen molar-refractivity contribution in [1.82, 2.24) is 0 Å². The van der Waals surface area contributed by atoms with Gasteiger partial charge in [-0.25, -0.2) is 0 Å². The van der Waals surface area contributed by atoms with Crippen LogP contribution in [-0.4, -0.2) is 18.0 Å². The van der Waals surface area contributed by atoms with Crippen molar-refractivity contribution in [3.05, 3.63) is 59.2 Å². The summed E-state index contributed by atoms with van der Waals surface area (Å²) in [7, 11) is 1.64. The van der Waals surface area contributed by atoms with Crippen LogP contribution in [0.3, 0.4) is 0 Å². The Hall–Kier alpha value is -2.29. The third-order valence-electron chi connectivity index (χ3n) is 4.26. The molecule has 0 atom stereocenters. The summed E-state index contributed by atoms with van der Waals surface area (Å²) in [4.78, 5) is 11.6. The maximum atomic E-state index is 11.6. The molecule has 2 aromatic carbocycles. The lowest BCUT2D eigenvalue weighted by molar-refractivity contribution is 0.101. The first kappa shape index (κ1) is 18.1. The van der Waals surface area contributed by atoms with Crippen LogP contribution in [0, 0.1) is 0 Å². The lowest BCUT2D eigenvalue weighted by Gasteiger charge is -2.27. The van der Waals surface area contributed by atoms with E-state index in [-0.39, 0.29) is 16.9 Å². The Morgan fingerprint density at radius 2 is 1.54 bits per heavy atom. The highest BCUT2D eigenvalue weighted by molar-refractivity contribution is 5.96. The molecule has 0 radical (unpaired) electrons. The lowest BCUT2D eigenvalue weighted by atomic mass is 9.77. The fourth-order valence-electron chi connectivity index (χ4n) is 2.38. The van der Waals surface area contributed by atoms with Crippen molar-refractivity contribution in [2.75, 3.05) is 7.11 Å². The maximum Gasteiger partial charge on any atom is 0.163 e. The maximum absolute atomic E-state index is 11.6. The number of carbonyl (C=O) groups excluding carboxylic acids is 1. The average molecular weight is 326 g/mol. The Morgan fingerprint density at radius 3 is 2.00 bits per heavy atom. The molecule has 1 aliphatic carbocycles. The van der Waals surface area contributed by atoms with Gasteiger partial charge in [-0.2, -0.15) is 0 Å². The molecule has 0 unspecified atom stereocenters. The fraction of sp³-hybridized carbons (Fsp3) is 0.381. The fourth-order valence-corrected chi connectivity index (χ4v) is 2.38. The van der Waals surface area contributed by atoms with Gasteiger partial charge in [-0.15, -0.1) is 0 Å². The summed E-state index contributed by atoms with van der Waals surface area (Å²) < 4.78 is 5.18. The molecule has 1 fully saturated rings. The van der Waals surface area contributed by atoms with Crippen LogP contribution >= 0.6 is 0 Å². The topological polar surface area (TPSA) is 46.5 Å². The number of ketones is 1. The van der Waals surface area contributed by atoms with E-state index < -0.39 is 0 Å². The summed E-state index contributed by atoms with van der Waals surface area (Å²) in [5.74, 6) is 0.696. The van der Waals surface area contributed by atoms with Gasteiger partial charge in [0.15, 0.2) is 5.78 Å². The van der Waals surface area contributed by atoms with Crippen molar-refractivity contribution in [2.24, 2.45) is 0 Å². The normalized spacial score (nSPS) is 12.8. The van der Waals surface area contributed by atoms with Crippen LogP contribution in [0.1, 0.15) is 61.5 Å². The summed E-state index contributed by atoms with van der Waals surface area (Å²) in [6, 6.07) is 13.1. The highest BCUT2D eigenvalue weighted by Gasteiger charge is 2.24. The predicted molar refractivity (Wildman–Crippen MR) is 97.1 cm³/mol. The predicted octanol–water partition coefficient (Wildman–Crippen LogP) is 5.10. The van der Waals surface area contributed by atoms with E-state index in [1.165, 1.54) is 26.2 Å². The quantitative estimate of drug-likeness (QED) is 0.795. The minimum absolute atomic E-state index is 0.0248. The largest absolute Gasteiger partial charge is 0.507 e. The molecule has 24 heavy (non-hydrogen) atoms. The number of phenols is 1. The van der Waals surface area contributed by atoms with E-state index in [9.17, 15) is 9.90 Å². The van der Waals surface area contributed by atoms with Crippen molar-refractivity contribution in [3.8, 4) is 11.5 Å². The van der Waals surface area contributed by atoms with E-state index in [1.807, 2.05) is 30.3 Å². The summed E-state index contributed by atoms with van der Waals surface area (Å²) >= 11 is 0. The van der Waals surface area contributed by atoms with Gasteiger partial charge in [0.25, 0.3) is 0 Å². The molecule has 0 bridgehead atoms. The Morgan fingerprint density at radius 1 is 1.00 bits per heavy atom. The molecule has 2 aromatic rings. The lowest BCUT2D eigenvalue weighted by Crippen LogP contribution is -2.19. The van der Waals surface area contributed by atoms with Crippen molar-refractivity contribution in [2.45, 2.75) is 45.4 Å². The molecular formula is C21H26O3. The SMILES string of the molecule is C1CC1.COc1ccc(C(C)(C)c2ccc(O)c(C(C)=O)c2)cc1. The highest BCUT2D eigenvalue weighted by atomic mass is 16.5. The molecule has 3 heteroatoms. The summed E-state index contributed by atoms with van der Waals surface area (Å²) in [5.41, 5.74) is 2.18. The molecule has 0 spiro atoms. The molecule has 1 saturated carbocycles. The second-order valence-corrected chi connectivity index (χ2v) is 6.70. The third kappa shape index (κ3) is 4.38. The highest BCUT2D eigenvalue weighted by Crippen LogP contribution is 2.34. The standard InChI is InChI=1S/C18H20O3.C3H6/c1-12(19)16-11-14(7-10-17(16)20)18(2,3)13-5-8-15(21-4)9-6-13;1-2-3-1/h5-11,20H,1-4H3;1-3H2. The Kier molecular flexibility index (Phi) is 5.66. The van der Waals surface area contributed by atoms with Gasteiger partial charge in [0.05, 0.1) is 12.7 Å². The van der Waals surface area contributed by atoms with Gasteiger partial charge in [-0.3, -0.25) is 4.79 Å². The molecule has 3 rings (SSSR count). The molecule has 1 aliphatic rings. The first-order valence-electron chi connectivity index (χ1n) is 8.35. The van der Waals surface area contributed by atoms with Crippen molar-refractivity contribution < 1.29 is 14.6 Å². The first-order valence-corrected chi connectivity index (χ1v) is 8.35. The van der Waals surface area contributed by atoms with Crippen molar-refractivity contribution in [1.29, 1.82) is 0 Å². The number of carbonyl (C=O) groups is 1. The Bertz CT molecular complexity index is 695. The van der Waals surface area contributed by atoms with E-state index in [0.717, 1.165) is 16.9 Å². The Balaban J connectivity index is 0.000000623. The molecule has 128 valence electrons. The number of ether oxygens (including phenoxy) is 1. The van der Waals surface area contributed by atoms with Crippen LogP contribution < -0.4 is 4.74 Å². The molecule has 1 N–H and O–H groups in total. The van der Waals surface area contributed by atoms with Gasteiger partial charge >= 0.3 is 0 Å². The van der Waals surface area contributed by atoms with Crippen LogP contribution in [-0.2, 0) is 5.41 Å². The van der Waals surface area contributed by atoms with E-state index in [4.69, 9.17) is 4.74 Å². The summed E-state index contributed by atoms with van der Waals surface area (Å²) in [6.07, 6.45) is 4.50. The third-order valence-corrected chi connectivity index (χ3v) is 4.26. The number of rotatable bonds is 4. The molecule has 0 saturated heterocycles. The minimum Gasteiger partial charge on any atom is -0.507 e. The number of methoxy groups -OCH3 is 1. The smallest absolute Gasteiger partial charge is 0.163 e. The van der Waals surface area contributed by atoms with Gasteiger partial charge in [-0.05, 0) is 42.3 Å². The summed E-state index contributed by atoms with van der Waals surface area (Å²) in [6.45, 7) is 5.63. The zero-order valence-electron chi connectivity index (χ0n) is 14.9. The summed E-state index contributed by atoms with van der Waals surface area (Å²) in [5, 5.41) is 9.77. The van der Waals surface area contributed by atoms with Crippen LogP contribution in [0.15, 0.2) is 42.5 Å². The van der Waals surface area contributed by atoms with Gasteiger partial charge in [-0.1, -0.05) is 51.3 Å². The second-order valence-electron chi connectivity index (χ2n) is 6.70. The van der Waals surface area contributed by atoms with Gasteiger partial charge in [0, 0.05) is 5.41 Å². The van der Waals surface area contributed by atoms with E-state index in [0.29, 0.717) is 5.56 Å². The van der Waals surface area contributed by atoms with Crippen LogP contribution in [0.4, 0.5) is 0 Å². The molecular weight excluding hydrogens is 300 g/mol. The van der Waals surface area contributed by atoms with Gasteiger partial charge in [0.1, 0.15) is 11.5 Å². The monoisotopic (exact) mass is 326 g/mol.